The Bertz CT molecular complexity index is 835. The Morgan fingerprint density at radius 2 is 2.00 bits per heavy atom. The van der Waals surface area contributed by atoms with Gasteiger partial charge in [-0.3, -0.25) is 9.58 Å². The van der Waals surface area contributed by atoms with Crippen LogP contribution in [0.25, 0.3) is 5.69 Å². The maximum atomic E-state index is 4.62. The molecule has 0 N–H and O–H groups in total. The third-order valence-electron chi connectivity index (χ3n) is 4.91. The summed E-state index contributed by atoms with van der Waals surface area (Å²) in [6.45, 7) is 7.09. The summed E-state index contributed by atoms with van der Waals surface area (Å²) in [6.07, 6.45) is 4.48. The molecule has 1 aromatic carbocycles. The summed E-state index contributed by atoms with van der Waals surface area (Å²) in [7, 11) is 0. The van der Waals surface area contributed by atoms with Gasteiger partial charge in [-0.2, -0.15) is 5.10 Å². The van der Waals surface area contributed by atoms with Crippen LogP contribution in [-0.4, -0.2) is 42.3 Å². The first kappa shape index (κ1) is 16.0. The fourth-order valence-electron chi connectivity index (χ4n) is 3.66. The van der Waals surface area contributed by atoms with E-state index in [1.165, 1.54) is 18.5 Å². The van der Waals surface area contributed by atoms with Crippen molar-refractivity contribution in [3.05, 3.63) is 59.7 Å². The van der Waals surface area contributed by atoms with E-state index >= 15 is 0 Å². The average molecular weight is 336 g/mol. The molecule has 0 amide bonds. The van der Waals surface area contributed by atoms with E-state index in [1.54, 1.807) is 0 Å². The number of hydrogen-bond donors (Lipinski definition) is 0. The highest BCUT2D eigenvalue weighted by atomic mass is 15.4. The molecule has 25 heavy (non-hydrogen) atoms. The molecule has 0 spiro atoms. The number of nitrogens with zero attached hydrogens (tertiary/aromatic N) is 6. The van der Waals surface area contributed by atoms with Gasteiger partial charge >= 0.3 is 0 Å². The first-order valence-corrected chi connectivity index (χ1v) is 8.91. The molecule has 1 fully saturated rings. The largest absolute Gasteiger partial charge is 0.293 e. The Morgan fingerprint density at radius 3 is 2.76 bits per heavy atom. The van der Waals surface area contributed by atoms with Crippen molar-refractivity contribution in [3.63, 3.8) is 0 Å². The smallest absolute Gasteiger partial charge is 0.0971 e. The zero-order chi connectivity index (χ0) is 17.2. The lowest BCUT2D eigenvalue weighted by Gasteiger charge is -2.23. The quantitative estimate of drug-likeness (QED) is 0.719. The van der Waals surface area contributed by atoms with Crippen LogP contribution >= 0.6 is 0 Å². The minimum Gasteiger partial charge on any atom is -0.293 e. The van der Waals surface area contributed by atoms with Gasteiger partial charge in [-0.25, -0.2) is 4.68 Å². The Balaban J connectivity index is 1.45. The Morgan fingerprint density at radius 1 is 1.16 bits per heavy atom. The number of aromatic nitrogens is 5. The van der Waals surface area contributed by atoms with Crippen LogP contribution in [0.2, 0.25) is 0 Å². The van der Waals surface area contributed by atoms with Crippen molar-refractivity contribution in [2.24, 2.45) is 0 Å². The molecule has 1 atom stereocenters. The van der Waals surface area contributed by atoms with Gasteiger partial charge in [0.2, 0.25) is 0 Å². The predicted molar refractivity (Wildman–Crippen MR) is 96.5 cm³/mol. The second kappa shape index (κ2) is 6.80. The molecule has 1 aliphatic rings. The van der Waals surface area contributed by atoms with Crippen LogP contribution in [-0.2, 0) is 13.1 Å². The minimum absolute atomic E-state index is 0.514. The van der Waals surface area contributed by atoms with Gasteiger partial charge in [0.25, 0.3) is 0 Å². The topological polar surface area (TPSA) is 51.8 Å². The van der Waals surface area contributed by atoms with E-state index in [9.17, 15) is 0 Å². The summed E-state index contributed by atoms with van der Waals surface area (Å²) in [5.74, 6) is 0. The van der Waals surface area contributed by atoms with E-state index in [0.717, 1.165) is 36.7 Å². The van der Waals surface area contributed by atoms with Crippen molar-refractivity contribution in [1.82, 2.24) is 29.7 Å². The second-order valence-electron chi connectivity index (χ2n) is 6.87. The molecular weight excluding hydrogens is 312 g/mol. The summed E-state index contributed by atoms with van der Waals surface area (Å²) < 4.78 is 3.99. The van der Waals surface area contributed by atoms with Gasteiger partial charge in [-0.05, 0) is 51.4 Å². The van der Waals surface area contributed by atoms with E-state index in [2.05, 4.69) is 44.9 Å². The number of rotatable bonds is 5. The fraction of sp³-hybridized carbons (Fsp3) is 0.421. The van der Waals surface area contributed by atoms with Gasteiger partial charge in [0.15, 0.2) is 0 Å². The molecule has 6 nitrogen and oxygen atoms in total. The van der Waals surface area contributed by atoms with Crippen LogP contribution in [0.5, 0.6) is 0 Å². The molecular formula is C19H24N6. The molecule has 3 heterocycles. The number of para-hydroxylation sites is 1. The van der Waals surface area contributed by atoms with Gasteiger partial charge in [-0.15, -0.1) is 5.10 Å². The molecule has 1 saturated heterocycles. The van der Waals surface area contributed by atoms with Crippen molar-refractivity contribution in [2.45, 2.75) is 45.8 Å². The van der Waals surface area contributed by atoms with Crippen molar-refractivity contribution < 1.29 is 0 Å². The Labute approximate surface area is 148 Å². The van der Waals surface area contributed by atoms with Crippen LogP contribution in [0.4, 0.5) is 0 Å². The van der Waals surface area contributed by atoms with Gasteiger partial charge in [0.05, 0.1) is 29.8 Å². The van der Waals surface area contributed by atoms with E-state index < -0.39 is 0 Å². The average Bonchev–Trinajstić information content (AvgIpc) is 3.32. The molecule has 3 aromatic rings. The highest BCUT2D eigenvalue weighted by Gasteiger charge is 2.26. The molecule has 0 saturated carbocycles. The van der Waals surface area contributed by atoms with Gasteiger partial charge < -0.3 is 0 Å². The maximum absolute atomic E-state index is 4.62. The van der Waals surface area contributed by atoms with Crippen LogP contribution in [0.15, 0.2) is 42.6 Å². The van der Waals surface area contributed by atoms with E-state index in [4.69, 9.17) is 0 Å². The first-order chi connectivity index (χ1) is 12.2. The van der Waals surface area contributed by atoms with E-state index in [-0.39, 0.29) is 0 Å². The fourth-order valence-corrected chi connectivity index (χ4v) is 3.66. The van der Waals surface area contributed by atoms with Crippen molar-refractivity contribution >= 4 is 0 Å². The molecule has 1 unspecified atom stereocenters. The first-order valence-electron chi connectivity index (χ1n) is 8.91. The molecule has 0 aliphatic carbocycles. The van der Waals surface area contributed by atoms with Crippen LogP contribution < -0.4 is 0 Å². The lowest BCUT2D eigenvalue weighted by Crippen LogP contribution is -2.33. The van der Waals surface area contributed by atoms with Crippen LogP contribution in [0.1, 0.15) is 29.9 Å². The number of benzene rings is 1. The number of hydrogen-bond acceptors (Lipinski definition) is 4. The third-order valence-corrected chi connectivity index (χ3v) is 4.91. The van der Waals surface area contributed by atoms with Gasteiger partial charge in [-0.1, -0.05) is 23.4 Å². The van der Waals surface area contributed by atoms with Crippen molar-refractivity contribution in [1.29, 1.82) is 0 Å². The predicted octanol–water partition coefficient (Wildman–Crippen LogP) is 2.75. The van der Waals surface area contributed by atoms with Crippen LogP contribution in [0.3, 0.4) is 0 Å². The number of aryl methyl sites for hydroxylation is 2. The Hall–Kier alpha value is -2.47. The van der Waals surface area contributed by atoms with Crippen LogP contribution in [0, 0.1) is 13.8 Å². The summed E-state index contributed by atoms with van der Waals surface area (Å²) in [5, 5.41) is 13.3. The standard InChI is InChI=1S/C19H24N6/c1-15-11-16(2)24(21-15)14-19-9-6-10-23(19)12-17-13-25(22-20-17)18-7-4-3-5-8-18/h3-5,7-8,11,13,19H,6,9-10,12,14H2,1-2H3. The SMILES string of the molecule is Cc1cc(C)n(CC2CCCN2Cc2cn(-c3ccccc3)nn2)n1. The molecule has 0 radical (unpaired) electrons. The monoisotopic (exact) mass is 336 g/mol. The Kier molecular flexibility index (Phi) is 4.36. The third kappa shape index (κ3) is 3.49. The van der Waals surface area contributed by atoms with E-state index in [0.29, 0.717) is 6.04 Å². The zero-order valence-corrected chi connectivity index (χ0v) is 14.8. The minimum atomic E-state index is 0.514. The lowest BCUT2D eigenvalue weighted by molar-refractivity contribution is 0.215. The summed E-state index contributed by atoms with van der Waals surface area (Å²) >= 11 is 0. The molecule has 2 aromatic heterocycles. The summed E-state index contributed by atoms with van der Waals surface area (Å²) in [5.41, 5.74) is 4.39. The van der Waals surface area contributed by atoms with E-state index in [1.807, 2.05) is 41.2 Å². The maximum Gasteiger partial charge on any atom is 0.0971 e. The van der Waals surface area contributed by atoms with Crippen molar-refractivity contribution in [3.8, 4) is 5.69 Å². The second-order valence-corrected chi connectivity index (χ2v) is 6.87. The molecule has 1 aliphatic heterocycles. The van der Waals surface area contributed by atoms with Gasteiger partial charge in [0.1, 0.15) is 0 Å². The molecule has 0 bridgehead atoms. The number of likely N-dealkylation sites (tertiary alicyclic amines) is 1. The van der Waals surface area contributed by atoms with Crippen molar-refractivity contribution in [2.75, 3.05) is 6.54 Å². The highest BCUT2D eigenvalue weighted by molar-refractivity contribution is 5.29. The molecule has 6 heteroatoms. The summed E-state index contributed by atoms with van der Waals surface area (Å²) in [4.78, 5) is 2.51. The highest BCUT2D eigenvalue weighted by Crippen LogP contribution is 2.21. The lowest BCUT2D eigenvalue weighted by atomic mass is 10.2. The summed E-state index contributed by atoms with van der Waals surface area (Å²) in [6, 6.07) is 12.8. The normalized spacial score (nSPS) is 18.1. The molecule has 4 rings (SSSR count). The molecule has 130 valence electrons. The zero-order valence-electron chi connectivity index (χ0n) is 14.8. The van der Waals surface area contributed by atoms with Gasteiger partial charge in [0, 0.05) is 18.3 Å².